The average molecular weight is 254 g/mol. The highest BCUT2D eigenvalue weighted by Crippen LogP contribution is 2.26. The molecule has 0 spiro atoms. The molecule has 0 N–H and O–H groups in total. The molecule has 0 aliphatic rings. The van der Waals surface area contributed by atoms with E-state index in [0.29, 0.717) is 0 Å². The molecule has 0 unspecified atom stereocenters. The summed E-state index contributed by atoms with van der Waals surface area (Å²) in [7, 11) is 0. The second kappa shape index (κ2) is 7.18. The first-order chi connectivity index (χ1) is 9.36. The largest absolute Gasteiger partial charge is 0.371 e. The number of rotatable bonds is 7. The number of benzene rings is 2. The van der Waals surface area contributed by atoms with Crippen LogP contribution in [0, 0.1) is 6.07 Å². The van der Waals surface area contributed by atoms with Crippen LogP contribution < -0.4 is 4.90 Å². The summed E-state index contributed by atoms with van der Waals surface area (Å²) in [5, 5.41) is 2.55. The summed E-state index contributed by atoms with van der Waals surface area (Å²) < 4.78 is 0. The number of fused-ring (bicyclic) bond motifs is 1. The molecule has 0 aliphatic carbocycles. The minimum Gasteiger partial charge on any atom is -0.371 e. The van der Waals surface area contributed by atoms with Crippen LogP contribution in [0.5, 0.6) is 0 Å². The number of unbranched alkanes of at least 4 members (excludes halogenated alkanes) is 2. The minimum absolute atomic E-state index is 1.16. The van der Waals surface area contributed by atoms with E-state index in [9.17, 15) is 0 Å². The molecule has 0 fully saturated rings. The van der Waals surface area contributed by atoms with Crippen molar-refractivity contribution in [2.45, 2.75) is 39.5 Å². The molecular formula is C18H24N. The minimum atomic E-state index is 1.16. The molecule has 0 heterocycles. The van der Waals surface area contributed by atoms with Crippen molar-refractivity contribution in [2.75, 3.05) is 18.0 Å². The number of anilines is 1. The zero-order chi connectivity index (χ0) is 13.5. The summed E-state index contributed by atoms with van der Waals surface area (Å²) >= 11 is 0. The van der Waals surface area contributed by atoms with Crippen molar-refractivity contribution < 1.29 is 0 Å². The van der Waals surface area contributed by atoms with Crippen molar-refractivity contribution in [3.8, 4) is 0 Å². The van der Waals surface area contributed by atoms with Gasteiger partial charge in [0.25, 0.3) is 0 Å². The molecule has 0 amide bonds. The van der Waals surface area contributed by atoms with E-state index in [1.54, 1.807) is 0 Å². The van der Waals surface area contributed by atoms with Crippen LogP contribution in [0.1, 0.15) is 39.5 Å². The molecule has 2 rings (SSSR count). The zero-order valence-electron chi connectivity index (χ0n) is 12.2. The Morgan fingerprint density at radius 2 is 1.63 bits per heavy atom. The molecule has 0 saturated carbocycles. The van der Waals surface area contributed by atoms with E-state index >= 15 is 0 Å². The maximum absolute atomic E-state index is 3.33. The van der Waals surface area contributed by atoms with Gasteiger partial charge in [-0.15, -0.1) is 0 Å². The summed E-state index contributed by atoms with van der Waals surface area (Å²) in [5.41, 5.74) is 1.37. The molecule has 1 radical (unpaired) electrons. The monoisotopic (exact) mass is 254 g/mol. The lowest BCUT2D eigenvalue weighted by Gasteiger charge is -2.26. The molecule has 2 aromatic carbocycles. The fraction of sp³-hybridized carbons (Fsp3) is 0.444. The number of hydrogen-bond donors (Lipinski definition) is 0. The second-order valence-electron chi connectivity index (χ2n) is 5.10. The van der Waals surface area contributed by atoms with Crippen LogP contribution in [0.25, 0.3) is 10.8 Å². The Hall–Kier alpha value is -1.50. The van der Waals surface area contributed by atoms with Gasteiger partial charge in [-0.1, -0.05) is 57.0 Å². The van der Waals surface area contributed by atoms with Gasteiger partial charge < -0.3 is 4.90 Å². The lowest BCUT2D eigenvalue weighted by atomic mass is 10.1. The molecule has 0 bridgehead atoms. The van der Waals surface area contributed by atoms with Gasteiger partial charge in [-0.3, -0.25) is 0 Å². The Kier molecular flexibility index (Phi) is 5.26. The van der Waals surface area contributed by atoms with Crippen LogP contribution in [0.2, 0.25) is 0 Å². The van der Waals surface area contributed by atoms with E-state index in [-0.39, 0.29) is 0 Å². The van der Waals surface area contributed by atoms with Crippen LogP contribution in [0.4, 0.5) is 5.69 Å². The third-order valence-corrected chi connectivity index (χ3v) is 3.59. The highest BCUT2D eigenvalue weighted by molar-refractivity contribution is 5.93. The van der Waals surface area contributed by atoms with Gasteiger partial charge in [0.15, 0.2) is 0 Å². The Morgan fingerprint density at radius 1 is 0.947 bits per heavy atom. The van der Waals surface area contributed by atoms with E-state index < -0.39 is 0 Å². The first-order valence-electron chi connectivity index (χ1n) is 7.51. The van der Waals surface area contributed by atoms with E-state index in [1.807, 2.05) is 0 Å². The zero-order valence-corrected chi connectivity index (χ0v) is 12.2. The molecule has 101 valence electrons. The molecular weight excluding hydrogens is 230 g/mol. The third kappa shape index (κ3) is 3.50. The lowest BCUT2D eigenvalue weighted by Crippen LogP contribution is -2.25. The SMILES string of the molecule is CCCCN(CCCC)c1cc[c]c2ccccc12. The highest BCUT2D eigenvalue weighted by Gasteiger charge is 2.08. The van der Waals surface area contributed by atoms with Crippen molar-refractivity contribution in [3.05, 3.63) is 42.5 Å². The van der Waals surface area contributed by atoms with Crippen LogP contribution in [0.3, 0.4) is 0 Å². The van der Waals surface area contributed by atoms with Gasteiger partial charge in [0.1, 0.15) is 0 Å². The van der Waals surface area contributed by atoms with Crippen LogP contribution in [-0.2, 0) is 0 Å². The van der Waals surface area contributed by atoms with Crippen molar-refractivity contribution in [1.82, 2.24) is 0 Å². The average Bonchev–Trinajstić information content (AvgIpc) is 2.47. The van der Waals surface area contributed by atoms with Crippen molar-refractivity contribution in [3.63, 3.8) is 0 Å². The molecule has 0 aromatic heterocycles. The Bertz CT molecular complexity index is 491. The Morgan fingerprint density at radius 3 is 2.32 bits per heavy atom. The first-order valence-corrected chi connectivity index (χ1v) is 7.51. The molecule has 0 atom stereocenters. The third-order valence-electron chi connectivity index (χ3n) is 3.59. The van der Waals surface area contributed by atoms with Crippen molar-refractivity contribution in [2.24, 2.45) is 0 Å². The van der Waals surface area contributed by atoms with Crippen LogP contribution in [-0.4, -0.2) is 13.1 Å². The Labute approximate surface area is 117 Å². The van der Waals surface area contributed by atoms with Gasteiger partial charge in [0, 0.05) is 24.2 Å². The maximum atomic E-state index is 3.33. The quantitative estimate of drug-likeness (QED) is 0.668. The van der Waals surface area contributed by atoms with Crippen LogP contribution in [0.15, 0.2) is 36.4 Å². The van der Waals surface area contributed by atoms with Gasteiger partial charge in [-0.25, -0.2) is 0 Å². The number of hydrogen-bond acceptors (Lipinski definition) is 1. The summed E-state index contributed by atoms with van der Waals surface area (Å²) in [6.07, 6.45) is 5.02. The summed E-state index contributed by atoms with van der Waals surface area (Å²) in [6, 6.07) is 16.2. The van der Waals surface area contributed by atoms with E-state index in [4.69, 9.17) is 0 Å². The molecule has 0 saturated heterocycles. The summed E-state index contributed by atoms with van der Waals surface area (Å²) in [4.78, 5) is 2.54. The second-order valence-corrected chi connectivity index (χ2v) is 5.10. The maximum Gasteiger partial charge on any atom is 0.0446 e. The standard InChI is InChI=1S/C18H24N/c1-3-5-14-19(15-6-4-2)18-13-9-11-16-10-7-8-12-17(16)18/h7-10,12-13H,3-6,14-15H2,1-2H3. The van der Waals surface area contributed by atoms with Crippen LogP contribution >= 0.6 is 0 Å². The van der Waals surface area contributed by atoms with Gasteiger partial charge in [-0.2, -0.15) is 0 Å². The molecule has 2 aromatic rings. The smallest absolute Gasteiger partial charge is 0.0446 e. The lowest BCUT2D eigenvalue weighted by molar-refractivity contribution is 0.679. The van der Waals surface area contributed by atoms with E-state index in [2.05, 4.69) is 61.2 Å². The first kappa shape index (κ1) is 13.9. The van der Waals surface area contributed by atoms with E-state index in [1.165, 1.54) is 42.1 Å². The van der Waals surface area contributed by atoms with Gasteiger partial charge in [-0.05, 0) is 30.4 Å². The number of nitrogens with zero attached hydrogens (tertiary/aromatic N) is 1. The van der Waals surface area contributed by atoms with Gasteiger partial charge in [0.05, 0.1) is 0 Å². The summed E-state index contributed by atoms with van der Waals surface area (Å²) in [5.74, 6) is 0. The van der Waals surface area contributed by atoms with Crippen molar-refractivity contribution >= 4 is 16.5 Å². The summed E-state index contributed by atoms with van der Waals surface area (Å²) in [6.45, 7) is 6.83. The van der Waals surface area contributed by atoms with Gasteiger partial charge >= 0.3 is 0 Å². The topological polar surface area (TPSA) is 3.24 Å². The van der Waals surface area contributed by atoms with E-state index in [0.717, 1.165) is 13.1 Å². The molecule has 19 heavy (non-hydrogen) atoms. The molecule has 0 aliphatic heterocycles. The predicted molar refractivity (Wildman–Crippen MR) is 84.8 cm³/mol. The Balaban J connectivity index is 2.31. The fourth-order valence-electron chi connectivity index (χ4n) is 2.46. The predicted octanol–water partition coefficient (Wildman–Crippen LogP) is 5.05. The molecule has 1 nitrogen and oxygen atoms in total. The van der Waals surface area contributed by atoms with Gasteiger partial charge in [0.2, 0.25) is 0 Å². The normalized spacial score (nSPS) is 10.8. The fourth-order valence-corrected chi connectivity index (χ4v) is 2.46. The van der Waals surface area contributed by atoms with Crippen molar-refractivity contribution in [1.29, 1.82) is 0 Å². The highest BCUT2D eigenvalue weighted by atomic mass is 15.1. The molecule has 1 heteroatoms.